The van der Waals surface area contributed by atoms with Gasteiger partial charge in [0.2, 0.25) is 11.8 Å². The number of hydrogen-bond acceptors (Lipinski definition) is 6. The Morgan fingerprint density at radius 2 is 2.12 bits per heavy atom. The van der Waals surface area contributed by atoms with E-state index < -0.39 is 46.9 Å². The number of aliphatic hydroxyl groups excluding tert-OH is 1. The third-order valence-corrected chi connectivity index (χ3v) is 5.42. The number of imide groups is 1. The average Bonchev–Trinajstić information content (AvgIpc) is 3.19. The maximum absolute atomic E-state index is 12.8. The summed E-state index contributed by atoms with van der Waals surface area (Å²) in [5, 5.41) is 20.5. The van der Waals surface area contributed by atoms with Crippen LogP contribution in [0.25, 0.3) is 0 Å². The Kier molecular flexibility index (Phi) is 3.18. The lowest BCUT2D eigenvalue weighted by Crippen LogP contribution is -2.43. The van der Waals surface area contributed by atoms with Crippen molar-refractivity contribution < 1.29 is 24.4 Å². The van der Waals surface area contributed by atoms with Crippen LogP contribution < -0.4 is 4.90 Å². The molecule has 9 heteroatoms. The van der Waals surface area contributed by atoms with E-state index in [1.54, 1.807) is 12.2 Å². The molecule has 0 radical (unpaired) electrons. The number of halogens is 1. The Morgan fingerprint density at radius 3 is 2.75 bits per heavy atom. The van der Waals surface area contributed by atoms with Crippen LogP contribution >= 0.6 is 15.9 Å². The lowest BCUT2D eigenvalue weighted by Gasteiger charge is -2.26. The predicted octanol–water partition coefficient (Wildman–Crippen LogP) is 1.16. The summed E-state index contributed by atoms with van der Waals surface area (Å²) in [6.45, 7) is -0.393. The van der Waals surface area contributed by atoms with Gasteiger partial charge in [-0.15, -0.1) is 0 Å². The summed E-state index contributed by atoms with van der Waals surface area (Å²) in [7, 11) is 0. The topological polar surface area (TPSA) is 110 Å². The normalized spacial score (nSPS) is 33.4. The van der Waals surface area contributed by atoms with Gasteiger partial charge in [-0.2, -0.15) is 0 Å². The first-order valence-corrected chi connectivity index (χ1v) is 7.99. The molecule has 4 atom stereocenters. The number of hydrogen-bond donors (Lipinski definition) is 1. The molecule has 1 aromatic rings. The van der Waals surface area contributed by atoms with Crippen molar-refractivity contribution in [2.45, 2.75) is 11.7 Å². The molecular formula is C15H11BrN2O6. The number of amides is 2. The molecule has 2 fully saturated rings. The molecule has 0 spiro atoms. The Morgan fingerprint density at radius 1 is 1.38 bits per heavy atom. The van der Waals surface area contributed by atoms with E-state index in [0.29, 0.717) is 0 Å². The van der Waals surface area contributed by atoms with E-state index in [1.165, 1.54) is 18.2 Å². The van der Waals surface area contributed by atoms with Crippen LogP contribution in [-0.4, -0.2) is 40.2 Å². The molecule has 4 rings (SSSR count). The van der Waals surface area contributed by atoms with Crippen LogP contribution in [-0.2, 0) is 14.3 Å². The number of fused-ring (bicyclic) bond motifs is 5. The monoisotopic (exact) mass is 394 g/mol. The zero-order valence-corrected chi connectivity index (χ0v) is 13.7. The number of non-ortho nitro benzene ring substituents is 1. The summed E-state index contributed by atoms with van der Waals surface area (Å²) < 4.78 is 5.93. The summed E-state index contributed by atoms with van der Waals surface area (Å²) in [5.74, 6) is -2.37. The van der Waals surface area contributed by atoms with Gasteiger partial charge < -0.3 is 9.84 Å². The van der Waals surface area contributed by atoms with Gasteiger partial charge in [0.05, 0.1) is 35.2 Å². The lowest BCUT2D eigenvalue weighted by molar-refractivity contribution is -0.384. The van der Waals surface area contributed by atoms with Crippen molar-refractivity contribution in [3.63, 3.8) is 0 Å². The van der Waals surface area contributed by atoms with Gasteiger partial charge in [0.15, 0.2) is 0 Å². The van der Waals surface area contributed by atoms with Crippen molar-refractivity contribution in [3.8, 4) is 0 Å². The zero-order chi connectivity index (χ0) is 17.2. The highest BCUT2D eigenvalue weighted by molar-refractivity contribution is 9.10. The van der Waals surface area contributed by atoms with Crippen molar-refractivity contribution in [1.82, 2.24) is 0 Å². The van der Waals surface area contributed by atoms with Crippen LogP contribution in [0.4, 0.5) is 11.4 Å². The number of benzene rings is 1. The Bertz CT molecular complexity index is 824. The number of anilines is 1. The van der Waals surface area contributed by atoms with Crippen molar-refractivity contribution >= 4 is 39.1 Å². The van der Waals surface area contributed by atoms with Gasteiger partial charge in [-0.1, -0.05) is 12.2 Å². The first-order valence-electron chi connectivity index (χ1n) is 7.19. The Hall–Kier alpha value is -2.10. The Labute approximate surface area is 144 Å². The molecule has 2 amide bonds. The van der Waals surface area contributed by atoms with Crippen LogP contribution in [0.2, 0.25) is 0 Å². The van der Waals surface area contributed by atoms with Crippen molar-refractivity contribution in [2.24, 2.45) is 11.8 Å². The molecule has 8 nitrogen and oxygen atoms in total. The molecule has 3 aliphatic rings. The highest BCUT2D eigenvalue weighted by Crippen LogP contribution is 2.52. The quantitative estimate of drug-likeness (QED) is 0.356. The molecule has 2 bridgehead atoms. The second-order valence-corrected chi connectivity index (χ2v) is 6.82. The molecule has 1 N–H and O–H groups in total. The minimum atomic E-state index is -1.16. The van der Waals surface area contributed by atoms with Gasteiger partial charge in [0.1, 0.15) is 5.60 Å². The van der Waals surface area contributed by atoms with Gasteiger partial charge in [0.25, 0.3) is 5.69 Å². The standard InChI is InChI=1S/C15H11BrN2O6/c16-8-5-7(18(22)23)1-2-9(8)17-13(20)11-10-3-4-15(6-19,24-10)12(11)14(17)21/h1-5,10-12,19H,6H2. The maximum atomic E-state index is 12.8. The fraction of sp³-hybridized carbons (Fsp3) is 0.333. The molecule has 4 unspecified atom stereocenters. The lowest BCUT2D eigenvalue weighted by atomic mass is 9.77. The SMILES string of the molecule is O=C1C2C3C=CC(CO)(O3)C2C(=O)N1c1ccc([N+](=O)[O-])cc1Br. The summed E-state index contributed by atoms with van der Waals surface area (Å²) >= 11 is 3.19. The van der Waals surface area contributed by atoms with E-state index in [2.05, 4.69) is 15.9 Å². The van der Waals surface area contributed by atoms with E-state index in [0.717, 1.165) is 4.90 Å². The van der Waals surface area contributed by atoms with Gasteiger partial charge in [-0.3, -0.25) is 19.7 Å². The predicted molar refractivity (Wildman–Crippen MR) is 84.1 cm³/mol. The summed E-state index contributed by atoms with van der Waals surface area (Å²) in [4.78, 5) is 36.9. The number of nitro groups is 1. The number of carbonyl (C=O) groups excluding carboxylic acids is 2. The van der Waals surface area contributed by atoms with Crippen LogP contribution in [0.3, 0.4) is 0 Å². The van der Waals surface area contributed by atoms with E-state index in [4.69, 9.17) is 4.74 Å². The third kappa shape index (κ3) is 1.80. The van der Waals surface area contributed by atoms with Gasteiger partial charge in [0, 0.05) is 16.6 Å². The smallest absolute Gasteiger partial charge is 0.270 e. The number of ether oxygens (including phenoxy) is 1. The van der Waals surface area contributed by atoms with Crippen molar-refractivity contribution in [1.29, 1.82) is 0 Å². The maximum Gasteiger partial charge on any atom is 0.270 e. The molecule has 3 aliphatic heterocycles. The van der Waals surface area contributed by atoms with E-state index in [1.807, 2.05) is 0 Å². The molecule has 2 saturated heterocycles. The fourth-order valence-electron chi connectivity index (χ4n) is 3.71. The molecule has 3 heterocycles. The second-order valence-electron chi connectivity index (χ2n) is 5.96. The molecule has 124 valence electrons. The number of nitrogens with zero attached hydrogens (tertiary/aromatic N) is 2. The number of rotatable bonds is 3. The highest BCUT2D eigenvalue weighted by atomic mass is 79.9. The van der Waals surface area contributed by atoms with Crippen LogP contribution in [0.15, 0.2) is 34.8 Å². The fourth-order valence-corrected chi connectivity index (χ4v) is 4.26. The minimum absolute atomic E-state index is 0.151. The summed E-state index contributed by atoms with van der Waals surface area (Å²) in [5.41, 5.74) is -1.07. The van der Waals surface area contributed by atoms with Gasteiger partial charge in [-0.25, -0.2) is 4.90 Å². The molecule has 0 saturated carbocycles. The largest absolute Gasteiger partial charge is 0.393 e. The Balaban J connectivity index is 1.76. The summed E-state index contributed by atoms with van der Waals surface area (Å²) in [6.07, 6.45) is 2.79. The first kappa shape index (κ1) is 15.4. The van der Waals surface area contributed by atoms with E-state index >= 15 is 0 Å². The number of carbonyl (C=O) groups is 2. The van der Waals surface area contributed by atoms with Crippen LogP contribution in [0.5, 0.6) is 0 Å². The van der Waals surface area contributed by atoms with Crippen LogP contribution in [0.1, 0.15) is 0 Å². The molecular weight excluding hydrogens is 384 g/mol. The highest BCUT2D eigenvalue weighted by Gasteiger charge is 2.67. The molecule has 24 heavy (non-hydrogen) atoms. The first-order chi connectivity index (χ1) is 11.4. The molecule has 1 aromatic carbocycles. The number of nitro benzene ring substituents is 1. The zero-order valence-electron chi connectivity index (χ0n) is 12.1. The molecule has 0 aliphatic carbocycles. The average molecular weight is 395 g/mol. The number of aliphatic hydroxyl groups is 1. The van der Waals surface area contributed by atoms with E-state index in [-0.39, 0.29) is 15.8 Å². The molecule has 0 aromatic heterocycles. The minimum Gasteiger partial charge on any atom is -0.393 e. The second kappa shape index (κ2) is 4.95. The van der Waals surface area contributed by atoms with Crippen molar-refractivity contribution in [3.05, 3.63) is 44.9 Å². The summed E-state index contributed by atoms with van der Waals surface area (Å²) in [6, 6.07) is 3.84. The van der Waals surface area contributed by atoms with Gasteiger partial charge >= 0.3 is 0 Å². The van der Waals surface area contributed by atoms with Crippen molar-refractivity contribution in [2.75, 3.05) is 11.5 Å². The van der Waals surface area contributed by atoms with E-state index in [9.17, 15) is 24.8 Å². The third-order valence-electron chi connectivity index (χ3n) is 4.79. The van der Waals surface area contributed by atoms with Crippen LogP contribution in [0, 0.1) is 22.0 Å². The van der Waals surface area contributed by atoms with Gasteiger partial charge in [-0.05, 0) is 22.0 Å².